The van der Waals surface area contributed by atoms with E-state index in [1.165, 1.54) is 18.2 Å². The van der Waals surface area contributed by atoms with Crippen LogP contribution in [0.2, 0.25) is 0 Å². The molecule has 1 heterocycles. The van der Waals surface area contributed by atoms with Crippen LogP contribution in [-0.4, -0.2) is 4.98 Å². The molecular weight excluding hydrogens is 231 g/mol. The minimum Gasteiger partial charge on any atom is -0.436 e. The van der Waals surface area contributed by atoms with Crippen molar-refractivity contribution in [1.82, 2.24) is 4.98 Å². The Balaban J connectivity index is 2.22. The highest BCUT2D eigenvalue weighted by Crippen LogP contribution is 2.28. The van der Waals surface area contributed by atoms with Gasteiger partial charge in [-0.05, 0) is 42.8 Å². The third kappa shape index (κ3) is 1.72. The van der Waals surface area contributed by atoms with Gasteiger partial charge >= 0.3 is 0 Å². The van der Waals surface area contributed by atoms with E-state index >= 15 is 0 Å². The van der Waals surface area contributed by atoms with Gasteiger partial charge in [0.1, 0.15) is 11.3 Å². The molecule has 0 amide bonds. The average molecular weight is 242 g/mol. The molecule has 0 spiro atoms. The zero-order chi connectivity index (χ0) is 12.7. The first-order chi connectivity index (χ1) is 8.63. The minimum atomic E-state index is -0.396. The van der Waals surface area contributed by atoms with E-state index in [4.69, 9.17) is 10.2 Å². The normalized spacial score (nSPS) is 11.0. The minimum absolute atomic E-state index is 0.250. The molecule has 0 saturated carbocycles. The first-order valence-corrected chi connectivity index (χ1v) is 5.56. The van der Waals surface area contributed by atoms with Crippen molar-refractivity contribution in [3.8, 4) is 11.5 Å². The number of anilines is 1. The van der Waals surface area contributed by atoms with Gasteiger partial charge in [-0.2, -0.15) is 0 Å². The van der Waals surface area contributed by atoms with Crippen molar-refractivity contribution < 1.29 is 8.81 Å². The second-order valence-electron chi connectivity index (χ2n) is 4.23. The number of nitrogens with zero attached hydrogens (tertiary/aromatic N) is 1. The fourth-order valence-electron chi connectivity index (χ4n) is 1.86. The summed E-state index contributed by atoms with van der Waals surface area (Å²) in [4.78, 5) is 4.28. The Morgan fingerprint density at radius 3 is 2.83 bits per heavy atom. The molecule has 0 bridgehead atoms. The van der Waals surface area contributed by atoms with Crippen molar-refractivity contribution in [2.45, 2.75) is 6.92 Å². The maximum Gasteiger partial charge on any atom is 0.230 e. The Morgan fingerprint density at radius 1 is 1.17 bits per heavy atom. The quantitative estimate of drug-likeness (QED) is 0.664. The fraction of sp³-hybridized carbons (Fsp3) is 0.0714. The molecule has 90 valence electrons. The lowest BCUT2D eigenvalue weighted by molar-refractivity contribution is 0.594. The molecule has 2 N–H and O–H groups in total. The molecule has 3 rings (SSSR count). The van der Waals surface area contributed by atoms with E-state index in [-0.39, 0.29) is 11.5 Å². The molecule has 0 fully saturated rings. The van der Waals surface area contributed by atoms with E-state index in [1.54, 1.807) is 0 Å². The van der Waals surface area contributed by atoms with Crippen LogP contribution in [0.3, 0.4) is 0 Å². The van der Waals surface area contributed by atoms with Crippen LogP contribution in [0.15, 0.2) is 40.8 Å². The highest BCUT2D eigenvalue weighted by atomic mass is 19.1. The highest BCUT2D eigenvalue weighted by Gasteiger charge is 2.12. The van der Waals surface area contributed by atoms with Crippen LogP contribution in [0.1, 0.15) is 5.56 Å². The number of nitrogen functional groups attached to an aromatic ring is 1. The van der Waals surface area contributed by atoms with Gasteiger partial charge in [0, 0.05) is 5.69 Å². The molecule has 3 nitrogen and oxygen atoms in total. The number of fused-ring (bicyclic) bond motifs is 1. The van der Waals surface area contributed by atoms with E-state index < -0.39 is 5.82 Å². The summed E-state index contributed by atoms with van der Waals surface area (Å²) in [5.41, 5.74) is 8.84. The van der Waals surface area contributed by atoms with E-state index in [9.17, 15) is 4.39 Å². The molecule has 0 radical (unpaired) electrons. The van der Waals surface area contributed by atoms with Gasteiger partial charge < -0.3 is 10.2 Å². The first kappa shape index (κ1) is 10.8. The SMILES string of the molecule is Cc1ccc2oc(-c3cc(N)ccc3F)nc2c1. The number of hydrogen-bond donors (Lipinski definition) is 1. The summed E-state index contributed by atoms with van der Waals surface area (Å²) in [5, 5.41) is 0. The second kappa shape index (κ2) is 3.84. The summed E-state index contributed by atoms with van der Waals surface area (Å²) in [6.45, 7) is 1.97. The molecule has 2 aromatic carbocycles. The van der Waals surface area contributed by atoms with Crippen LogP contribution in [0, 0.1) is 12.7 Å². The third-order valence-corrected chi connectivity index (χ3v) is 2.76. The van der Waals surface area contributed by atoms with Crippen LogP contribution >= 0.6 is 0 Å². The number of halogens is 1. The lowest BCUT2D eigenvalue weighted by Crippen LogP contribution is -1.89. The topological polar surface area (TPSA) is 52.0 Å². The van der Waals surface area contributed by atoms with Crippen LogP contribution in [0.4, 0.5) is 10.1 Å². The summed E-state index contributed by atoms with van der Waals surface area (Å²) >= 11 is 0. The molecule has 0 aliphatic heterocycles. The van der Waals surface area contributed by atoms with E-state index in [1.807, 2.05) is 25.1 Å². The third-order valence-electron chi connectivity index (χ3n) is 2.76. The lowest BCUT2D eigenvalue weighted by Gasteiger charge is -1.99. The number of nitrogens with two attached hydrogens (primary N) is 1. The molecule has 1 aromatic heterocycles. The van der Waals surface area contributed by atoms with Crippen LogP contribution in [-0.2, 0) is 0 Å². The molecule has 0 atom stereocenters. The van der Waals surface area contributed by atoms with Gasteiger partial charge in [-0.25, -0.2) is 9.37 Å². The number of rotatable bonds is 1. The van der Waals surface area contributed by atoms with Gasteiger partial charge in [-0.3, -0.25) is 0 Å². The molecule has 0 aliphatic carbocycles. The summed E-state index contributed by atoms with van der Waals surface area (Å²) in [6.07, 6.45) is 0. The van der Waals surface area contributed by atoms with Crippen molar-refractivity contribution in [2.75, 3.05) is 5.73 Å². The van der Waals surface area contributed by atoms with Gasteiger partial charge in [-0.15, -0.1) is 0 Å². The molecule has 0 aliphatic rings. The van der Waals surface area contributed by atoms with Crippen molar-refractivity contribution >= 4 is 16.8 Å². The number of hydrogen-bond acceptors (Lipinski definition) is 3. The van der Waals surface area contributed by atoms with E-state index in [0.717, 1.165) is 5.56 Å². The van der Waals surface area contributed by atoms with Gasteiger partial charge in [0.15, 0.2) is 5.58 Å². The number of aromatic nitrogens is 1. The van der Waals surface area contributed by atoms with Crippen molar-refractivity contribution in [1.29, 1.82) is 0 Å². The average Bonchev–Trinajstić information content (AvgIpc) is 2.74. The van der Waals surface area contributed by atoms with Crippen LogP contribution < -0.4 is 5.73 Å². The van der Waals surface area contributed by atoms with Gasteiger partial charge in [0.2, 0.25) is 5.89 Å². The molecule has 0 saturated heterocycles. The van der Waals surface area contributed by atoms with Gasteiger partial charge in [0.05, 0.1) is 5.56 Å². The van der Waals surface area contributed by atoms with Crippen LogP contribution in [0.5, 0.6) is 0 Å². The zero-order valence-corrected chi connectivity index (χ0v) is 9.77. The Labute approximate surface area is 103 Å². The Kier molecular flexibility index (Phi) is 2.30. The van der Waals surface area contributed by atoms with Crippen molar-refractivity contribution in [3.05, 3.63) is 47.8 Å². The summed E-state index contributed by atoms with van der Waals surface area (Å²) < 4.78 is 19.2. The fourth-order valence-corrected chi connectivity index (χ4v) is 1.86. The first-order valence-electron chi connectivity index (χ1n) is 5.56. The molecule has 3 aromatic rings. The smallest absolute Gasteiger partial charge is 0.230 e. The van der Waals surface area contributed by atoms with Gasteiger partial charge in [-0.1, -0.05) is 6.07 Å². The zero-order valence-electron chi connectivity index (χ0n) is 9.77. The molecule has 18 heavy (non-hydrogen) atoms. The number of benzene rings is 2. The van der Waals surface area contributed by atoms with Crippen molar-refractivity contribution in [2.24, 2.45) is 0 Å². The largest absolute Gasteiger partial charge is 0.436 e. The maximum atomic E-state index is 13.7. The standard InChI is InChI=1S/C14H11FN2O/c1-8-2-5-13-12(6-8)17-14(18-13)10-7-9(16)3-4-11(10)15/h2-7H,16H2,1H3. The molecule has 0 unspecified atom stereocenters. The summed E-state index contributed by atoms with van der Waals surface area (Å²) in [6, 6.07) is 9.98. The van der Waals surface area contributed by atoms with Crippen LogP contribution in [0.25, 0.3) is 22.6 Å². The summed E-state index contributed by atoms with van der Waals surface area (Å²) in [5.74, 6) is -0.145. The predicted octanol–water partition coefficient (Wildman–Crippen LogP) is 3.52. The number of aryl methyl sites for hydroxylation is 1. The second-order valence-corrected chi connectivity index (χ2v) is 4.23. The lowest BCUT2D eigenvalue weighted by atomic mass is 10.2. The molecule has 4 heteroatoms. The predicted molar refractivity (Wildman–Crippen MR) is 68.6 cm³/mol. The maximum absolute atomic E-state index is 13.7. The summed E-state index contributed by atoms with van der Waals surface area (Å²) in [7, 11) is 0. The van der Waals surface area contributed by atoms with E-state index in [2.05, 4.69) is 4.98 Å². The highest BCUT2D eigenvalue weighted by molar-refractivity contribution is 5.77. The Morgan fingerprint density at radius 2 is 2.00 bits per heavy atom. The molecular formula is C14H11FN2O. The number of oxazole rings is 1. The van der Waals surface area contributed by atoms with E-state index in [0.29, 0.717) is 16.8 Å². The Hall–Kier alpha value is -2.36. The Bertz CT molecular complexity index is 734. The van der Waals surface area contributed by atoms with Crippen molar-refractivity contribution in [3.63, 3.8) is 0 Å². The monoisotopic (exact) mass is 242 g/mol. The van der Waals surface area contributed by atoms with Gasteiger partial charge in [0.25, 0.3) is 0 Å².